The first kappa shape index (κ1) is 12.3. The van der Waals surface area contributed by atoms with Gasteiger partial charge in [0.2, 0.25) is 0 Å². The van der Waals surface area contributed by atoms with Crippen molar-refractivity contribution in [3.05, 3.63) is 29.2 Å². The van der Waals surface area contributed by atoms with Crippen LogP contribution >= 0.6 is 22.7 Å². The van der Waals surface area contributed by atoms with Crippen LogP contribution in [0.4, 0.5) is 5.82 Å². The molecule has 0 saturated carbocycles. The first-order valence-corrected chi connectivity index (χ1v) is 8.40. The largest absolute Gasteiger partial charge is 0.353 e. The van der Waals surface area contributed by atoms with Crippen LogP contribution in [-0.2, 0) is 0 Å². The van der Waals surface area contributed by atoms with Crippen molar-refractivity contribution in [3.63, 3.8) is 0 Å². The molecular formula is C14H14N4S2. The van der Waals surface area contributed by atoms with Crippen LogP contribution in [0.1, 0.15) is 0 Å². The Kier molecular flexibility index (Phi) is 3.14. The molecule has 3 aromatic heterocycles. The zero-order chi connectivity index (χ0) is 13.4. The van der Waals surface area contributed by atoms with E-state index < -0.39 is 0 Å². The van der Waals surface area contributed by atoms with Crippen molar-refractivity contribution in [2.75, 3.05) is 31.1 Å². The molecule has 20 heavy (non-hydrogen) atoms. The summed E-state index contributed by atoms with van der Waals surface area (Å²) in [5.74, 6) is 1.09. The summed E-state index contributed by atoms with van der Waals surface area (Å²) < 4.78 is 1.20. The fraction of sp³-hybridized carbons (Fsp3) is 0.286. The van der Waals surface area contributed by atoms with E-state index in [1.54, 1.807) is 29.0 Å². The quantitative estimate of drug-likeness (QED) is 0.790. The van der Waals surface area contributed by atoms with Gasteiger partial charge in [0.05, 0.1) is 10.2 Å². The molecular weight excluding hydrogens is 288 g/mol. The van der Waals surface area contributed by atoms with E-state index in [0.717, 1.165) is 37.5 Å². The van der Waals surface area contributed by atoms with E-state index in [1.807, 2.05) is 0 Å². The lowest BCUT2D eigenvalue weighted by Crippen LogP contribution is -2.43. The van der Waals surface area contributed by atoms with Crippen LogP contribution in [0.5, 0.6) is 0 Å². The molecule has 1 aliphatic rings. The molecule has 1 aliphatic heterocycles. The summed E-state index contributed by atoms with van der Waals surface area (Å²) in [7, 11) is 0. The number of fused-ring (bicyclic) bond motifs is 1. The van der Waals surface area contributed by atoms with Gasteiger partial charge in [0.25, 0.3) is 0 Å². The van der Waals surface area contributed by atoms with E-state index in [0.29, 0.717) is 0 Å². The smallest absolute Gasteiger partial charge is 0.150 e. The van der Waals surface area contributed by atoms with Gasteiger partial charge in [-0.25, -0.2) is 9.97 Å². The minimum atomic E-state index is 1.01. The lowest BCUT2D eigenvalue weighted by molar-refractivity contribution is 0.586. The van der Waals surface area contributed by atoms with E-state index in [-0.39, 0.29) is 0 Å². The summed E-state index contributed by atoms with van der Waals surface area (Å²) in [5, 5.41) is 7.68. The third kappa shape index (κ3) is 2.09. The second-order valence-electron chi connectivity index (χ2n) is 4.77. The van der Waals surface area contributed by atoms with Crippen LogP contribution in [0.25, 0.3) is 20.7 Å². The summed E-state index contributed by atoms with van der Waals surface area (Å²) in [5.41, 5.74) is 2.34. The molecule has 0 radical (unpaired) electrons. The fourth-order valence-corrected chi connectivity index (χ4v) is 4.35. The molecule has 0 amide bonds. The van der Waals surface area contributed by atoms with E-state index in [2.05, 4.69) is 43.1 Å². The number of hydrogen-bond acceptors (Lipinski definition) is 6. The zero-order valence-electron chi connectivity index (χ0n) is 10.9. The Hall–Kier alpha value is -1.50. The van der Waals surface area contributed by atoms with Crippen molar-refractivity contribution in [1.82, 2.24) is 15.3 Å². The first-order valence-electron chi connectivity index (χ1n) is 6.64. The number of aromatic nitrogens is 2. The minimum absolute atomic E-state index is 1.01. The van der Waals surface area contributed by atoms with Gasteiger partial charge >= 0.3 is 0 Å². The monoisotopic (exact) mass is 302 g/mol. The second kappa shape index (κ2) is 5.12. The highest BCUT2D eigenvalue weighted by Crippen LogP contribution is 2.37. The Balaban J connectivity index is 1.81. The zero-order valence-corrected chi connectivity index (χ0v) is 12.5. The van der Waals surface area contributed by atoms with Gasteiger partial charge in [-0.1, -0.05) is 0 Å². The molecule has 4 heterocycles. The number of piperazine rings is 1. The van der Waals surface area contributed by atoms with Gasteiger partial charge in [0.15, 0.2) is 0 Å². The van der Waals surface area contributed by atoms with Gasteiger partial charge in [-0.15, -0.1) is 11.3 Å². The standard InChI is InChI=1S/C14H14N4S2/c1-6-19-8-10(1)12-7-11-13(20-12)14(17-9-16-11)18-4-2-15-3-5-18/h1,6-9,15H,2-5H2. The van der Waals surface area contributed by atoms with Crippen molar-refractivity contribution in [2.24, 2.45) is 0 Å². The molecule has 0 bridgehead atoms. The van der Waals surface area contributed by atoms with Gasteiger partial charge in [0, 0.05) is 36.6 Å². The maximum absolute atomic E-state index is 4.53. The molecule has 0 aromatic carbocycles. The van der Waals surface area contributed by atoms with Crippen molar-refractivity contribution < 1.29 is 0 Å². The number of thiophene rings is 2. The molecule has 6 heteroatoms. The fourth-order valence-electron chi connectivity index (χ4n) is 2.49. The molecule has 1 fully saturated rings. The van der Waals surface area contributed by atoms with E-state index in [9.17, 15) is 0 Å². The third-order valence-corrected chi connectivity index (χ3v) is 5.37. The number of nitrogens with zero attached hydrogens (tertiary/aromatic N) is 3. The number of rotatable bonds is 2. The molecule has 0 aliphatic carbocycles. The summed E-state index contributed by atoms with van der Waals surface area (Å²) in [6, 6.07) is 4.34. The number of anilines is 1. The highest BCUT2D eigenvalue weighted by atomic mass is 32.1. The summed E-state index contributed by atoms with van der Waals surface area (Å²) in [6.45, 7) is 4.07. The Morgan fingerprint density at radius 3 is 2.90 bits per heavy atom. The van der Waals surface area contributed by atoms with Crippen LogP contribution in [0.15, 0.2) is 29.2 Å². The molecule has 3 aromatic rings. The SMILES string of the molecule is c1nc(N2CCNCC2)c2sc(-c3ccsc3)cc2n1. The Bertz CT molecular complexity index is 714. The summed E-state index contributed by atoms with van der Waals surface area (Å²) >= 11 is 3.52. The molecule has 4 rings (SSSR count). The van der Waals surface area contributed by atoms with Gasteiger partial charge in [-0.3, -0.25) is 0 Å². The minimum Gasteiger partial charge on any atom is -0.353 e. The third-order valence-electron chi connectivity index (χ3n) is 3.51. The molecule has 0 unspecified atom stereocenters. The maximum atomic E-state index is 4.53. The lowest BCUT2D eigenvalue weighted by atomic mass is 10.2. The molecule has 102 valence electrons. The van der Waals surface area contributed by atoms with Crippen molar-refractivity contribution in [1.29, 1.82) is 0 Å². The topological polar surface area (TPSA) is 41.1 Å². The highest BCUT2D eigenvalue weighted by Gasteiger charge is 2.17. The summed E-state index contributed by atoms with van der Waals surface area (Å²) in [6.07, 6.45) is 1.68. The van der Waals surface area contributed by atoms with Gasteiger partial charge < -0.3 is 10.2 Å². The number of nitrogens with one attached hydrogen (secondary N) is 1. The van der Waals surface area contributed by atoms with Gasteiger partial charge in [0.1, 0.15) is 12.1 Å². The normalized spacial score (nSPS) is 15.9. The second-order valence-corrected chi connectivity index (χ2v) is 6.60. The van der Waals surface area contributed by atoms with Crippen LogP contribution in [0, 0.1) is 0 Å². The predicted octanol–water partition coefficient (Wildman–Crippen LogP) is 2.83. The van der Waals surface area contributed by atoms with Crippen molar-refractivity contribution in [3.8, 4) is 10.4 Å². The van der Waals surface area contributed by atoms with E-state index in [1.165, 1.54) is 15.1 Å². The number of hydrogen-bond donors (Lipinski definition) is 1. The Labute approximate surface area is 125 Å². The molecule has 0 spiro atoms. The van der Waals surface area contributed by atoms with Gasteiger partial charge in [-0.05, 0) is 22.9 Å². The van der Waals surface area contributed by atoms with Crippen molar-refractivity contribution >= 4 is 38.7 Å². The van der Waals surface area contributed by atoms with E-state index >= 15 is 0 Å². The average molecular weight is 302 g/mol. The summed E-state index contributed by atoms with van der Waals surface area (Å²) in [4.78, 5) is 12.6. The van der Waals surface area contributed by atoms with E-state index in [4.69, 9.17) is 0 Å². The van der Waals surface area contributed by atoms with Crippen LogP contribution in [0.3, 0.4) is 0 Å². The molecule has 1 N–H and O–H groups in total. The average Bonchev–Trinajstić information content (AvgIpc) is 3.16. The molecule has 4 nitrogen and oxygen atoms in total. The molecule has 0 atom stereocenters. The highest BCUT2D eigenvalue weighted by molar-refractivity contribution is 7.23. The van der Waals surface area contributed by atoms with Crippen LogP contribution in [0.2, 0.25) is 0 Å². The van der Waals surface area contributed by atoms with Gasteiger partial charge in [-0.2, -0.15) is 11.3 Å². The lowest BCUT2D eigenvalue weighted by Gasteiger charge is -2.28. The predicted molar refractivity (Wildman–Crippen MR) is 85.8 cm³/mol. The van der Waals surface area contributed by atoms with Crippen molar-refractivity contribution in [2.45, 2.75) is 0 Å². The van der Waals surface area contributed by atoms with Crippen LogP contribution < -0.4 is 10.2 Å². The Morgan fingerprint density at radius 2 is 2.10 bits per heavy atom. The molecule has 1 saturated heterocycles. The maximum Gasteiger partial charge on any atom is 0.150 e. The van der Waals surface area contributed by atoms with Crippen LogP contribution in [-0.4, -0.2) is 36.1 Å². The Morgan fingerprint density at radius 1 is 1.20 bits per heavy atom. The first-order chi connectivity index (χ1) is 9.92.